The van der Waals surface area contributed by atoms with Gasteiger partial charge in [-0.05, 0) is 32.4 Å². The second-order valence-corrected chi connectivity index (χ2v) is 4.31. The van der Waals surface area contributed by atoms with Crippen LogP contribution >= 0.6 is 0 Å². The van der Waals surface area contributed by atoms with E-state index in [4.69, 9.17) is 0 Å². The Labute approximate surface area is 108 Å². The van der Waals surface area contributed by atoms with E-state index in [1.54, 1.807) is 0 Å². The number of aromatic nitrogens is 3. The summed E-state index contributed by atoms with van der Waals surface area (Å²) >= 11 is 0. The van der Waals surface area contributed by atoms with Gasteiger partial charge in [0.1, 0.15) is 11.5 Å². The van der Waals surface area contributed by atoms with E-state index in [0.717, 1.165) is 35.9 Å². The lowest BCUT2D eigenvalue weighted by Crippen LogP contribution is -2.05. The molecular weight excluding hydrogens is 224 g/mol. The Balaban J connectivity index is 2.35. The summed E-state index contributed by atoms with van der Waals surface area (Å²) in [5.41, 5.74) is 2.74. The number of hydrogen-bond acceptors (Lipinski definition) is 4. The molecule has 0 spiro atoms. The largest absolute Gasteiger partial charge is 0.370 e. The van der Waals surface area contributed by atoms with Crippen LogP contribution in [0.1, 0.15) is 24.7 Å². The van der Waals surface area contributed by atoms with Crippen LogP contribution in [0.5, 0.6) is 0 Å². The number of nitrogens with zero attached hydrogens (tertiary/aromatic N) is 3. The zero-order chi connectivity index (χ0) is 13.0. The molecule has 2 aromatic rings. The molecule has 0 aromatic carbocycles. The zero-order valence-corrected chi connectivity index (χ0v) is 11.1. The molecule has 2 rings (SSSR count). The monoisotopic (exact) mass is 242 g/mol. The first kappa shape index (κ1) is 12.5. The van der Waals surface area contributed by atoms with Crippen molar-refractivity contribution in [2.24, 2.45) is 0 Å². The summed E-state index contributed by atoms with van der Waals surface area (Å²) in [4.78, 5) is 13.4. The fourth-order valence-corrected chi connectivity index (χ4v) is 1.69. The van der Waals surface area contributed by atoms with Crippen LogP contribution in [0, 0.1) is 13.8 Å². The SMILES string of the molecule is CCCNc1cc(C)nc(-c2cccc(C)n2)n1. The Morgan fingerprint density at radius 1 is 1.06 bits per heavy atom. The Hall–Kier alpha value is -1.97. The quantitative estimate of drug-likeness (QED) is 0.895. The van der Waals surface area contributed by atoms with Crippen molar-refractivity contribution in [3.63, 3.8) is 0 Å². The lowest BCUT2D eigenvalue weighted by atomic mass is 10.3. The van der Waals surface area contributed by atoms with Crippen LogP contribution in [0.3, 0.4) is 0 Å². The molecule has 1 N–H and O–H groups in total. The minimum absolute atomic E-state index is 0.678. The predicted octanol–water partition coefficient (Wildman–Crippen LogP) is 2.98. The van der Waals surface area contributed by atoms with E-state index in [2.05, 4.69) is 27.2 Å². The van der Waals surface area contributed by atoms with E-state index >= 15 is 0 Å². The van der Waals surface area contributed by atoms with Crippen molar-refractivity contribution in [2.75, 3.05) is 11.9 Å². The van der Waals surface area contributed by atoms with Gasteiger partial charge in [0.15, 0.2) is 5.82 Å². The molecule has 4 nitrogen and oxygen atoms in total. The number of hydrogen-bond donors (Lipinski definition) is 1. The van der Waals surface area contributed by atoms with E-state index < -0.39 is 0 Å². The van der Waals surface area contributed by atoms with Crippen molar-refractivity contribution in [1.29, 1.82) is 0 Å². The minimum Gasteiger partial charge on any atom is -0.370 e. The summed E-state index contributed by atoms with van der Waals surface area (Å²) in [6.07, 6.45) is 1.07. The van der Waals surface area contributed by atoms with Crippen molar-refractivity contribution in [3.05, 3.63) is 35.7 Å². The van der Waals surface area contributed by atoms with Gasteiger partial charge in [-0.2, -0.15) is 0 Å². The zero-order valence-electron chi connectivity index (χ0n) is 11.1. The fourth-order valence-electron chi connectivity index (χ4n) is 1.69. The first-order valence-corrected chi connectivity index (χ1v) is 6.22. The highest BCUT2D eigenvalue weighted by Crippen LogP contribution is 2.16. The Morgan fingerprint density at radius 2 is 1.89 bits per heavy atom. The second-order valence-electron chi connectivity index (χ2n) is 4.31. The molecule has 0 saturated heterocycles. The van der Waals surface area contributed by atoms with E-state index in [0.29, 0.717) is 5.82 Å². The van der Waals surface area contributed by atoms with Crippen LogP contribution < -0.4 is 5.32 Å². The van der Waals surface area contributed by atoms with Crippen molar-refractivity contribution in [3.8, 4) is 11.5 Å². The highest BCUT2D eigenvalue weighted by molar-refractivity contribution is 5.53. The number of anilines is 1. The molecule has 0 fully saturated rings. The van der Waals surface area contributed by atoms with Crippen LogP contribution in [-0.4, -0.2) is 21.5 Å². The summed E-state index contributed by atoms with van der Waals surface area (Å²) in [5, 5.41) is 3.28. The number of rotatable bonds is 4. The van der Waals surface area contributed by atoms with Gasteiger partial charge in [-0.3, -0.25) is 0 Å². The topological polar surface area (TPSA) is 50.7 Å². The van der Waals surface area contributed by atoms with Crippen LogP contribution in [0.25, 0.3) is 11.5 Å². The van der Waals surface area contributed by atoms with Crippen molar-refractivity contribution in [1.82, 2.24) is 15.0 Å². The Kier molecular flexibility index (Phi) is 3.87. The molecule has 0 unspecified atom stereocenters. The smallest absolute Gasteiger partial charge is 0.180 e. The highest BCUT2D eigenvalue weighted by Gasteiger charge is 2.06. The summed E-state index contributed by atoms with van der Waals surface area (Å²) in [7, 11) is 0. The van der Waals surface area contributed by atoms with Gasteiger partial charge >= 0.3 is 0 Å². The molecular formula is C14H18N4. The van der Waals surface area contributed by atoms with Crippen LogP contribution in [0.4, 0.5) is 5.82 Å². The lowest BCUT2D eigenvalue weighted by molar-refractivity contribution is 0.960. The summed E-state index contributed by atoms with van der Waals surface area (Å²) in [6, 6.07) is 7.83. The molecule has 0 aliphatic carbocycles. The standard InChI is InChI=1S/C14H18N4/c1-4-8-15-13-9-11(3)17-14(18-13)12-7-5-6-10(2)16-12/h5-7,9H,4,8H2,1-3H3,(H,15,17,18). The molecule has 18 heavy (non-hydrogen) atoms. The number of pyridine rings is 1. The van der Waals surface area contributed by atoms with Gasteiger partial charge in [-0.15, -0.1) is 0 Å². The molecule has 2 heterocycles. The van der Waals surface area contributed by atoms with Crippen molar-refractivity contribution in [2.45, 2.75) is 27.2 Å². The molecule has 4 heteroatoms. The van der Waals surface area contributed by atoms with E-state index in [9.17, 15) is 0 Å². The molecule has 0 bridgehead atoms. The van der Waals surface area contributed by atoms with Gasteiger partial charge < -0.3 is 5.32 Å². The summed E-state index contributed by atoms with van der Waals surface area (Å²) < 4.78 is 0. The average Bonchev–Trinajstić information content (AvgIpc) is 2.36. The molecule has 0 radical (unpaired) electrons. The molecule has 94 valence electrons. The maximum absolute atomic E-state index is 4.50. The van der Waals surface area contributed by atoms with Gasteiger partial charge in [-0.25, -0.2) is 15.0 Å². The van der Waals surface area contributed by atoms with Crippen LogP contribution in [0.15, 0.2) is 24.3 Å². The third-order valence-electron chi connectivity index (χ3n) is 2.53. The first-order chi connectivity index (χ1) is 8.69. The molecule has 2 aromatic heterocycles. The Bertz CT molecular complexity index is 537. The van der Waals surface area contributed by atoms with E-state index in [1.807, 2.05) is 38.1 Å². The van der Waals surface area contributed by atoms with Gasteiger partial charge in [-0.1, -0.05) is 13.0 Å². The highest BCUT2D eigenvalue weighted by atomic mass is 15.0. The maximum atomic E-state index is 4.50. The molecule has 0 saturated carbocycles. The lowest BCUT2D eigenvalue weighted by Gasteiger charge is -2.07. The van der Waals surface area contributed by atoms with E-state index in [1.165, 1.54) is 0 Å². The molecule has 0 aliphatic rings. The average molecular weight is 242 g/mol. The van der Waals surface area contributed by atoms with Gasteiger partial charge in [0, 0.05) is 24.0 Å². The summed E-state index contributed by atoms with van der Waals surface area (Å²) in [5.74, 6) is 1.54. The van der Waals surface area contributed by atoms with Crippen LogP contribution in [-0.2, 0) is 0 Å². The molecule has 0 aliphatic heterocycles. The van der Waals surface area contributed by atoms with E-state index in [-0.39, 0.29) is 0 Å². The van der Waals surface area contributed by atoms with Crippen molar-refractivity contribution >= 4 is 5.82 Å². The van der Waals surface area contributed by atoms with Gasteiger partial charge in [0.25, 0.3) is 0 Å². The number of aryl methyl sites for hydroxylation is 2. The maximum Gasteiger partial charge on any atom is 0.180 e. The second kappa shape index (κ2) is 5.58. The fraction of sp³-hybridized carbons (Fsp3) is 0.357. The Morgan fingerprint density at radius 3 is 2.61 bits per heavy atom. The first-order valence-electron chi connectivity index (χ1n) is 6.22. The normalized spacial score (nSPS) is 10.4. The minimum atomic E-state index is 0.678. The van der Waals surface area contributed by atoms with Gasteiger partial charge in [0.2, 0.25) is 0 Å². The molecule has 0 atom stereocenters. The number of nitrogens with one attached hydrogen (secondary N) is 1. The summed E-state index contributed by atoms with van der Waals surface area (Å²) in [6.45, 7) is 6.98. The molecule has 0 amide bonds. The third kappa shape index (κ3) is 3.03. The van der Waals surface area contributed by atoms with Crippen molar-refractivity contribution < 1.29 is 0 Å². The van der Waals surface area contributed by atoms with Crippen LogP contribution in [0.2, 0.25) is 0 Å². The predicted molar refractivity (Wildman–Crippen MR) is 73.5 cm³/mol. The third-order valence-corrected chi connectivity index (χ3v) is 2.53. The van der Waals surface area contributed by atoms with Gasteiger partial charge in [0.05, 0.1) is 0 Å².